The maximum atomic E-state index is 13.5. The first-order chi connectivity index (χ1) is 7.33. The molecule has 0 N–H and O–H groups in total. The topological polar surface area (TPSA) is 27.0 Å². The van der Waals surface area contributed by atoms with E-state index >= 15 is 0 Å². The molecule has 1 saturated heterocycles. The quantitative estimate of drug-likeness (QED) is 0.658. The van der Waals surface area contributed by atoms with Crippen molar-refractivity contribution in [2.45, 2.75) is 25.3 Å². The van der Waals surface area contributed by atoms with Crippen LogP contribution in [0.15, 0.2) is 24.3 Å². The van der Waals surface area contributed by atoms with Gasteiger partial charge in [0.05, 0.1) is 6.04 Å². The van der Waals surface area contributed by atoms with E-state index in [-0.39, 0.29) is 11.9 Å². The Morgan fingerprint density at radius 3 is 2.87 bits per heavy atom. The molecule has 0 radical (unpaired) electrons. The van der Waals surface area contributed by atoms with Crippen molar-refractivity contribution in [3.63, 3.8) is 0 Å². The molecule has 78 valence electrons. The highest BCUT2D eigenvalue weighted by Gasteiger charge is 2.24. The zero-order valence-electron chi connectivity index (χ0n) is 8.49. The number of piperidine rings is 1. The third-order valence-corrected chi connectivity index (χ3v) is 2.90. The number of halogens is 1. The lowest BCUT2D eigenvalue weighted by molar-refractivity contribution is 0.222. The number of likely N-dealkylation sites (tertiary alicyclic amines) is 1. The lowest BCUT2D eigenvalue weighted by atomic mass is 9.95. The van der Waals surface area contributed by atoms with Crippen LogP contribution in [-0.4, -0.2) is 11.4 Å². The van der Waals surface area contributed by atoms with Gasteiger partial charge in [-0.2, -0.15) is 5.26 Å². The Balaban J connectivity index is 2.29. The summed E-state index contributed by atoms with van der Waals surface area (Å²) in [6.45, 7) is 0.746. The molecule has 0 aromatic heterocycles. The highest BCUT2D eigenvalue weighted by atomic mass is 19.1. The standard InChI is InChI=1S/C12H13FN2/c13-11-6-2-1-5-10(11)12-7-3-4-8-15(12)9-14/h1-2,5-6,12H,3-4,7-8H2. The van der Waals surface area contributed by atoms with Crippen LogP contribution in [0.3, 0.4) is 0 Å². The Labute approximate surface area is 88.9 Å². The predicted molar refractivity (Wildman–Crippen MR) is 55.3 cm³/mol. The van der Waals surface area contributed by atoms with Crippen molar-refractivity contribution in [2.75, 3.05) is 6.54 Å². The average Bonchev–Trinajstić information content (AvgIpc) is 2.30. The molecule has 1 aliphatic heterocycles. The van der Waals surface area contributed by atoms with Gasteiger partial charge in [0.25, 0.3) is 0 Å². The van der Waals surface area contributed by atoms with Crippen molar-refractivity contribution in [3.05, 3.63) is 35.6 Å². The second-order valence-electron chi connectivity index (χ2n) is 3.83. The molecular weight excluding hydrogens is 191 g/mol. The van der Waals surface area contributed by atoms with Crippen LogP contribution in [0.25, 0.3) is 0 Å². The van der Waals surface area contributed by atoms with Crippen molar-refractivity contribution in [3.8, 4) is 6.19 Å². The van der Waals surface area contributed by atoms with Gasteiger partial charge in [0.15, 0.2) is 6.19 Å². The van der Waals surface area contributed by atoms with Crippen molar-refractivity contribution in [2.24, 2.45) is 0 Å². The Hall–Kier alpha value is -1.56. The van der Waals surface area contributed by atoms with Crippen LogP contribution < -0.4 is 0 Å². The summed E-state index contributed by atoms with van der Waals surface area (Å²) >= 11 is 0. The molecule has 0 aliphatic carbocycles. The molecular formula is C12H13FN2. The molecule has 1 aromatic carbocycles. The lowest BCUT2D eigenvalue weighted by Gasteiger charge is -2.31. The van der Waals surface area contributed by atoms with E-state index in [1.807, 2.05) is 6.07 Å². The van der Waals surface area contributed by atoms with Gasteiger partial charge in [-0.1, -0.05) is 18.2 Å². The smallest absolute Gasteiger partial charge is 0.179 e. The molecule has 1 fully saturated rings. The summed E-state index contributed by atoms with van der Waals surface area (Å²) in [4.78, 5) is 1.68. The first kappa shape index (κ1) is 9.97. The predicted octanol–water partition coefficient (Wildman–Crippen LogP) is 2.83. The Bertz CT molecular complexity index is 383. The monoisotopic (exact) mass is 204 g/mol. The Morgan fingerprint density at radius 1 is 1.33 bits per heavy atom. The highest BCUT2D eigenvalue weighted by Crippen LogP contribution is 2.31. The second-order valence-corrected chi connectivity index (χ2v) is 3.83. The minimum absolute atomic E-state index is 0.0649. The maximum absolute atomic E-state index is 13.5. The highest BCUT2D eigenvalue weighted by molar-refractivity contribution is 5.22. The van der Waals surface area contributed by atoms with Crippen molar-refractivity contribution >= 4 is 0 Å². The first-order valence-corrected chi connectivity index (χ1v) is 5.23. The minimum Gasteiger partial charge on any atom is -0.303 e. The fraction of sp³-hybridized carbons (Fsp3) is 0.417. The molecule has 0 amide bonds. The Kier molecular flexibility index (Phi) is 2.86. The molecule has 1 aliphatic rings. The molecule has 0 saturated carbocycles. The average molecular weight is 204 g/mol. The molecule has 0 bridgehead atoms. The van der Waals surface area contributed by atoms with Gasteiger partial charge in [0.1, 0.15) is 5.82 Å². The van der Waals surface area contributed by atoms with E-state index in [1.54, 1.807) is 17.0 Å². The zero-order valence-corrected chi connectivity index (χ0v) is 8.49. The molecule has 1 aromatic rings. The SMILES string of the molecule is N#CN1CCCCC1c1ccccc1F. The van der Waals surface area contributed by atoms with Gasteiger partial charge in [-0.05, 0) is 25.3 Å². The lowest BCUT2D eigenvalue weighted by Crippen LogP contribution is -2.29. The van der Waals surface area contributed by atoms with Gasteiger partial charge < -0.3 is 4.90 Å². The van der Waals surface area contributed by atoms with E-state index in [4.69, 9.17) is 5.26 Å². The van der Waals surface area contributed by atoms with Crippen LogP contribution >= 0.6 is 0 Å². The summed E-state index contributed by atoms with van der Waals surface area (Å²) < 4.78 is 13.5. The van der Waals surface area contributed by atoms with Crippen LogP contribution in [0.1, 0.15) is 30.9 Å². The fourth-order valence-corrected chi connectivity index (χ4v) is 2.12. The summed E-state index contributed by atoms with van der Waals surface area (Å²) in [5, 5.41) is 8.97. The number of benzene rings is 1. The minimum atomic E-state index is -0.204. The number of nitrogens with zero attached hydrogens (tertiary/aromatic N) is 2. The first-order valence-electron chi connectivity index (χ1n) is 5.23. The number of nitriles is 1. The number of hydrogen-bond donors (Lipinski definition) is 0. The molecule has 2 rings (SSSR count). The number of rotatable bonds is 1. The molecule has 15 heavy (non-hydrogen) atoms. The molecule has 1 unspecified atom stereocenters. The summed E-state index contributed by atoms with van der Waals surface area (Å²) in [6, 6.07) is 6.67. The Morgan fingerprint density at radius 2 is 2.13 bits per heavy atom. The van der Waals surface area contributed by atoms with E-state index in [1.165, 1.54) is 6.07 Å². The largest absolute Gasteiger partial charge is 0.303 e. The normalized spacial score (nSPS) is 21.1. The summed E-state index contributed by atoms with van der Waals surface area (Å²) in [5.41, 5.74) is 0.652. The van der Waals surface area contributed by atoms with Gasteiger partial charge in [-0.25, -0.2) is 4.39 Å². The third-order valence-electron chi connectivity index (χ3n) is 2.90. The van der Waals surface area contributed by atoms with Gasteiger partial charge in [-0.3, -0.25) is 0 Å². The van der Waals surface area contributed by atoms with Crippen LogP contribution in [0.2, 0.25) is 0 Å². The van der Waals surface area contributed by atoms with E-state index in [0.717, 1.165) is 25.8 Å². The fourth-order valence-electron chi connectivity index (χ4n) is 2.12. The molecule has 3 heteroatoms. The van der Waals surface area contributed by atoms with Crippen LogP contribution in [0.4, 0.5) is 4.39 Å². The molecule has 1 atom stereocenters. The zero-order chi connectivity index (χ0) is 10.7. The van der Waals surface area contributed by atoms with Crippen LogP contribution in [-0.2, 0) is 0 Å². The molecule has 2 nitrogen and oxygen atoms in total. The van der Waals surface area contributed by atoms with E-state index < -0.39 is 0 Å². The third kappa shape index (κ3) is 1.94. The van der Waals surface area contributed by atoms with Crippen LogP contribution in [0, 0.1) is 17.3 Å². The van der Waals surface area contributed by atoms with Gasteiger partial charge >= 0.3 is 0 Å². The van der Waals surface area contributed by atoms with Crippen molar-refractivity contribution in [1.82, 2.24) is 4.90 Å². The maximum Gasteiger partial charge on any atom is 0.179 e. The van der Waals surface area contributed by atoms with E-state index in [2.05, 4.69) is 6.19 Å². The molecule has 1 heterocycles. The van der Waals surface area contributed by atoms with Gasteiger partial charge in [0.2, 0.25) is 0 Å². The van der Waals surface area contributed by atoms with E-state index in [0.29, 0.717) is 5.56 Å². The number of hydrogen-bond acceptors (Lipinski definition) is 2. The van der Waals surface area contributed by atoms with E-state index in [9.17, 15) is 4.39 Å². The van der Waals surface area contributed by atoms with Gasteiger partial charge in [-0.15, -0.1) is 0 Å². The van der Waals surface area contributed by atoms with Gasteiger partial charge in [0, 0.05) is 12.1 Å². The molecule has 0 spiro atoms. The summed E-state index contributed by atoms with van der Waals surface area (Å²) in [7, 11) is 0. The van der Waals surface area contributed by atoms with Crippen LogP contribution in [0.5, 0.6) is 0 Å². The summed E-state index contributed by atoms with van der Waals surface area (Å²) in [5.74, 6) is -0.204. The van der Waals surface area contributed by atoms with Crippen molar-refractivity contribution < 1.29 is 4.39 Å². The van der Waals surface area contributed by atoms with Crippen molar-refractivity contribution in [1.29, 1.82) is 5.26 Å². The second kappa shape index (κ2) is 4.31. The summed E-state index contributed by atoms with van der Waals surface area (Å²) in [6.07, 6.45) is 5.11.